The molecule has 2 heteroatoms. The monoisotopic (exact) mass is 163 g/mol. The molecule has 1 aliphatic rings. The van der Waals surface area contributed by atoms with Crippen LogP contribution in [0.2, 0.25) is 0 Å². The largest absolute Gasteiger partial charge is 0.375 e. The van der Waals surface area contributed by atoms with Crippen LogP contribution in [0.5, 0.6) is 0 Å². The summed E-state index contributed by atoms with van der Waals surface area (Å²) in [6.45, 7) is 3.45. The van der Waals surface area contributed by atoms with Gasteiger partial charge >= 0.3 is 0 Å². The molecule has 0 aromatic heterocycles. The second kappa shape index (κ2) is 2.88. The summed E-state index contributed by atoms with van der Waals surface area (Å²) in [5.74, 6) is 0. The van der Waals surface area contributed by atoms with Gasteiger partial charge in [-0.2, -0.15) is 0 Å². The molecule has 0 bridgehead atoms. The first kappa shape index (κ1) is 7.77. The van der Waals surface area contributed by atoms with Crippen LogP contribution >= 0.6 is 0 Å². The van der Waals surface area contributed by atoms with Gasteiger partial charge < -0.3 is 10.5 Å². The molecule has 1 atom stereocenters. The van der Waals surface area contributed by atoms with Crippen molar-refractivity contribution in [1.82, 2.24) is 0 Å². The zero-order valence-electron chi connectivity index (χ0n) is 7.21. The van der Waals surface area contributed by atoms with Gasteiger partial charge in [0, 0.05) is 0 Å². The third-order valence-electron chi connectivity index (χ3n) is 2.26. The van der Waals surface area contributed by atoms with E-state index in [-0.39, 0.29) is 6.04 Å². The molecular formula is C10H13NO. The third kappa shape index (κ3) is 1.24. The van der Waals surface area contributed by atoms with Gasteiger partial charge in [-0.25, -0.2) is 0 Å². The fraction of sp³-hybridized carbons (Fsp3) is 0.400. The molecule has 2 rings (SSSR count). The smallest absolute Gasteiger partial charge is 0.0721 e. The normalized spacial score (nSPS) is 22.0. The van der Waals surface area contributed by atoms with E-state index in [1.54, 1.807) is 0 Å². The van der Waals surface area contributed by atoms with E-state index in [0.717, 1.165) is 0 Å². The van der Waals surface area contributed by atoms with Crippen molar-refractivity contribution in [2.24, 2.45) is 5.73 Å². The molecule has 0 spiro atoms. The number of ether oxygens (including phenoxy) is 1. The summed E-state index contributed by atoms with van der Waals surface area (Å²) in [5.41, 5.74) is 9.65. The van der Waals surface area contributed by atoms with E-state index in [4.69, 9.17) is 10.5 Å². The van der Waals surface area contributed by atoms with Gasteiger partial charge in [0.2, 0.25) is 0 Å². The van der Waals surface area contributed by atoms with Crippen LogP contribution in [0.3, 0.4) is 0 Å². The lowest BCUT2D eigenvalue weighted by Gasteiger charge is -2.22. The molecule has 0 saturated heterocycles. The quantitative estimate of drug-likeness (QED) is 0.629. The maximum atomic E-state index is 5.89. The molecule has 2 nitrogen and oxygen atoms in total. The lowest BCUT2D eigenvalue weighted by Crippen LogP contribution is -2.23. The molecule has 0 unspecified atom stereocenters. The van der Waals surface area contributed by atoms with Crippen molar-refractivity contribution < 1.29 is 4.74 Å². The van der Waals surface area contributed by atoms with E-state index >= 15 is 0 Å². The van der Waals surface area contributed by atoms with Gasteiger partial charge in [0.1, 0.15) is 0 Å². The number of hydrogen-bond donors (Lipinski definition) is 1. The van der Waals surface area contributed by atoms with Crippen molar-refractivity contribution in [1.29, 1.82) is 0 Å². The maximum absolute atomic E-state index is 5.89. The second-order valence-corrected chi connectivity index (χ2v) is 3.32. The highest BCUT2D eigenvalue weighted by Gasteiger charge is 2.16. The predicted molar refractivity (Wildman–Crippen MR) is 47.8 cm³/mol. The number of benzene rings is 1. The Bertz CT molecular complexity index is 296. The van der Waals surface area contributed by atoms with Crippen LogP contribution < -0.4 is 5.73 Å². The average Bonchev–Trinajstić information content (AvgIpc) is 2.07. The van der Waals surface area contributed by atoms with Gasteiger partial charge in [0.15, 0.2) is 0 Å². The van der Waals surface area contributed by atoms with E-state index in [9.17, 15) is 0 Å². The lowest BCUT2D eigenvalue weighted by molar-refractivity contribution is 0.0924. The average molecular weight is 163 g/mol. The minimum Gasteiger partial charge on any atom is -0.375 e. The number of hydrogen-bond acceptors (Lipinski definition) is 2. The Morgan fingerprint density at radius 3 is 3.17 bits per heavy atom. The van der Waals surface area contributed by atoms with Gasteiger partial charge in [-0.05, 0) is 18.1 Å². The molecule has 0 amide bonds. The van der Waals surface area contributed by atoms with Gasteiger partial charge in [0.05, 0.1) is 19.3 Å². The number of aryl methyl sites for hydroxylation is 1. The minimum atomic E-state index is 0.0636. The summed E-state index contributed by atoms with van der Waals surface area (Å²) in [4.78, 5) is 0. The Morgan fingerprint density at radius 2 is 2.33 bits per heavy atom. The van der Waals surface area contributed by atoms with Crippen molar-refractivity contribution in [3.8, 4) is 0 Å². The summed E-state index contributed by atoms with van der Waals surface area (Å²) >= 11 is 0. The third-order valence-corrected chi connectivity index (χ3v) is 2.26. The summed E-state index contributed by atoms with van der Waals surface area (Å²) in [5, 5.41) is 0. The Balaban J connectivity index is 2.47. The molecule has 1 aromatic rings. The molecule has 1 aromatic carbocycles. The second-order valence-electron chi connectivity index (χ2n) is 3.32. The molecule has 64 valence electrons. The predicted octanol–water partition coefficient (Wildman–Crippen LogP) is 1.53. The number of nitrogens with two attached hydrogens (primary N) is 1. The summed E-state index contributed by atoms with van der Waals surface area (Å²) < 4.78 is 5.32. The zero-order chi connectivity index (χ0) is 8.55. The van der Waals surface area contributed by atoms with Crippen molar-refractivity contribution in [2.45, 2.75) is 19.6 Å². The molecule has 0 saturated carbocycles. The first-order valence-electron chi connectivity index (χ1n) is 4.20. The van der Waals surface area contributed by atoms with Crippen LogP contribution in [0, 0.1) is 6.92 Å². The topological polar surface area (TPSA) is 35.2 Å². The molecule has 1 heterocycles. The summed E-state index contributed by atoms with van der Waals surface area (Å²) in [6.07, 6.45) is 0. The highest BCUT2D eigenvalue weighted by atomic mass is 16.5. The molecular weight excluding hydrogens is 150 g/mol. The molecule has 1 aliphatic heterocycles. The fourth-order valence-electron chi connectivity index (χ4n) is 1.58. The van der Waals surface area contributed by atoms with E-state index in [1.165, 1.54) is 16.7 Å². The standard InChI is InChI=1S/C10H13NO/c1-7-2-3-8-5-12-6-10(11)9(8)4-7/h2-4,10H,5-6,11H2,1H3/t10-/m0/s1. The molecule has 0 fully saturated rings. The first-order chi connectivity index (χ1) is 5.77. The maximum Gasteiger partial charge on any atom is 0.0721 e. The van der Waals surface area contributed by atoms with Crippen molar-refractivity contribution in [3.63, 3.8) is 0 Å². The first-order valence-corrected chi connectivity index (χ1v) is 4.20. The summed E-state index contributed by atoms with van der Waals surface area (Å²) in [7, 11) is 0. The highest BCUT2D eigenvalue weighted by Crippen LogP contribution is 2.23. The SMILES string of the molecule is Cc1ccc2c(c1)[C@@H](N)COC2. The van der Waals surface area contributed by atoms with Crippen LogP contribution in [0.15, 0.2) is 18.2 Å². The van der Waals surface area contributed by atoms with Gasteiger partial charge in [-0.3, -0.25) is 0 Å². The zero-order valence-corrected chi connectivity index (χ0v) is 7.21. The van der Waals surface area contributed by atoms with Crippen LogP contribution in [-0.2, 0) is 11.3 Å². The molecule has 2 N–H and O–H groups in total. The van der Waals surface area contributed by atoms with Gasteiger partial charge in [-0.15, -0.1) is 0 Å². The summed E-state index contributed by atoms with van der Waals surface area (Å²) in [6, 6.07) is 6.42. The van der Waals surface area contributed by atoms with Crippen LogP contribution in [0.4, 0.5) is 0 Å². The van der Waals surface area contributed by atoms with Crippen molar-refractivity contribution in [3.05, 3.63) is 34.9 Å². The Hall–Kier alpha value is -0.860. The molecule has 0 radical (unpaired) electrons. The Kier molecular flexibility index (Phi) is 1.87. The van der Waals surface area contributed by atoms with Crippen LogP contribution in [0.1, 0.15) is 22.7 Å². The molecule has 0 aliphatic carbocycles. The van der Waals surface area contributed by atoms with Crippen LogP contribution in [-0.4, -0.2) is 6.61 Å². The molecule has 12 heavy (non-hydrogen) atoms. The fourth-order valence-corrected chi connectivity index (χ4v) is 1.58. The van der Waals surface area contributed by atoms with E-state index in [1.807, 2.05) is 0 Å². The van der Waals surface area contributed by atoms with E-state index in [2.05, 4.69) is 25.1 Å². The Morgan fingerprint density at radius 1 is 1.50 bits per heavy atom. The lowest BCUT2D eigenvalue weighted by atomic mass is 9.98. The van der Waals surface area contributed by atoms with Crippen molar-refractivity contribution in [2.75, 3.05) is 6.61 Å². The highest BCUT2D eigenvalue weighted by molar-refractivity contribution is 5.34. The Labute approximate surface area is 72.3 Å². The van der Waals surface area contributed by atoms with Gasteiger partial charge in [0.25, 0.3) is 0 Å². The number of rotatable bonds is 0. The number of fused-ring (bicyclic) bond motifs is 1. The van der Waals surface area contributed by atoms with E-state index in [0.29, 0.717) is 13.2 Å². The van der Waals surface area contributed by atoms with Gasteiger partial charge in [-0.1, -0.05) is 23.8 Å². The van der Waals surface area contributed by atoms with Crippen molar-refractivity contribution >= 4 is 0 Å². The van der Waals surface area contributed by atoms with E-state index < -0.39 is 0 Å². The van der Waals surface area contributed by atoms with Crippen LogP contribution in [0.25, 0.3) is 0 Å². The minimum absolute atomic E-state index is 0.0636.